The molecule has 0 bridgehead atoms. The molecule has 5 N–H and O–H groups in total. The van der Waals surface area contributed by atoms with Gasteiger partial charge in [-0.2, -0.15) is 13.1 Å². The third-order valence-electron chi connectivity index (χ3n) is 0.763. The van der Waals surface area contributed by atoms with Crippen LogP contribution in [-0.2, 0) is 15.0 Å². The highest BCUT2D eigenvalue weighted by atomic mass is 32.2. The summed E-state index contributed by atoms with van der Waals surface area (Å²) in [4.78, 5) is 9.89. The Balaban J connectivity index is 3.82. The average Bonchev–Trinajstić information content (AvgIpc) is 1.80. The Morgan fingerprint density at radius 2 is 2.09 bits per heavy atom. The standard InChI is InChI=1S/C3H8N2O5S/c4-11(9,10)5-1-2(6)3(7)8/h2,5-6H,1H2,(H,7,8)(H2,4,9,10). The van der Waals surface area contributed by atoms with Gasteiger partial charge in [0, 0.05) is 6.54 Å². The number of aliphatic carboxylic acids is 1. The number of hydrogen-bond donors (Lipinski definition) is 4. The summed E-state index contributed by atoms with van der Waals surface area (Å²) in [7, 11) is -3.93. The van der Waals surface area contributed by atoms with Gasteiger partial charge in [-0.1, -0.05) is 0 Å². The van der Waals surface area contributed by atoms with Gasteiger partial charge in [0.15, 0.2) is 6.10 Å². The first-order valence-electron chi connectivity index (χ1n) is 2.51. The molecule has 11 heavy (non-hydrogen) atoms. The second-order valence-electron chi connectivity index (χ2n) is 1.75. The lowest BCUT2D eigenvalue weighted by atomic mass is 10.4. The van der Waals surface area contributed by atoms with E-state index in [9.17, 15) is 13.2 Å². The van der Waals surface area contributed by atoms with Gasteiger partial charge >= 0.3 is 5.97 Å². The van der Waals surface area contributed by atoms with E-state index in [1.165, 1.54) is 0 Å². The molecule has 0 aromatic carbocycles. The van der Waals surface area contributed by atoms with E-state index >= 15 is 0 Å². The lowest BCUT2D eigenvalue weighted by Crippen LogP contribution is -2.39. The molecule has 8 heteroatoms. The van der Waals surface area contributed by atoms with Crippen molar-refractivity contribution < 1.29 is 23.4 Å². The number of aliphatic hydroxyl groups is 1. The van der Waals surface area contributed by atoms with E-state index in [-0.39, 0.29) is 0 Å². The summed E-state index contributed by atoms with van der Waals surface area (Å²) in [6, 6.07) is 0. The van der Waals surface area contributed by atoms with Gasteiger partial charge in [-0.3, -0.25) is 0 Å². The SMILES string of the molecule is NS(=O)(=O)NCC(O)C(=O)O. The molecule has 1 unspecified atom stereocenters. The summed E-state index contributed by atoms with van der Waals surface area (Å²) in [5.41, 5.74) is 0. The molecule has 0 saturated heterocycles. The Hall–Kier alpha value is -0.700. The topological polar surface area (TPSA) is 130 Å². The Kier molecular flexibility index (Phi) is 3.39. The fraction of sp³-hybridized carbons (Fsp3) is 0.667. The molecule has 0 amide bonds. The molecule has 7 nitrogen and oxygen atoms in total. The van der Waals surface area contributed by atoms with Crippen LogP contribution in [0.3, 0.4) is 0 Å². The molecule has 0 aromatic rings. The van der Waals surface area contributed by atoms with Crippen LogP contribution in [0.15, 0.2) is 0 Å². The molecule has 0 rings (SSSR count). The lowest BCUT2D eigenvalue weighted by Gasteiger charge is -2.04. The molecule has 0 aliphatic rings. The predicted octanol–water partition coefficient (Wildman–Crippen LogP) is -2.77. The molecule has 0 aliphatic heterocycles. The number of hydrogen-bond acceptors (Lipinski definition) is 4. The molecule has 0 aromatic heterocycles. The third-order valence-corrected chi connectivity index (χ3v) is 1.33. The minimum atomic E-state index is -3.93. The summed E-state index contributed by atoms with van der Waals surface area (Å²) < 4.78 is 21.9. The highest BCUT2D eigenvalue weighted by Gasteiger charge is 2.14. The summed E-state index contributed by atoms with van der Waals surface area (Å²) in [5, 5.41) is 21.0. The fourth-order valence-electron chi connectivity index (χ4n) is 0.282. The van der Waals surface area contributed by atoms with Crippen LogP contribution in [0.4, 0.5) is 0 Å². The van der Waals surface area contributed by atoms with Gasteiger partial charge in [0.1, 0.15) is 0 Å². The van der Waals surface area contributed by atoms with Crippen molar-refractivity contribution >= 4 is 16.2 Å². The van der Waals surface area contributed by atoms with E-state index < -0.39 is 28.8 Å². The quantitative estimate of drug-likeness (QED) is 0.375. The molecule has 0 spiro atoms. The van der Waals surface area contributed by atoms with Crippen molar-refractivity contribution in [2.75, 3.05) is 6.54 Å². The van der Waals surface area contributed by atoms with E-state index in [0.717, 1.165) is 0 Å². The van der Waals surface area contributed by atoms with Crippen molar-refractivity contribution in [2.24, 2.45) is 5.14 Å². The Bertz CT molecular complexity index is 234. The second-order valence-corrected chi connectivity index (χ2v) is 3.13. The first-order valence-corrected chi connectivity index (χ1v) is 4.06. The van der Waals surface area contributed by atoms with E-state index in [4.69, 9.17) is 10.2 Å². The largest absolute Gasteiger partial charge is 0.479 e. The highest BCUT2D eigenvalue weighted by Crippen LogP contribution is 1.80. The van der Waals surface area contributed by atoms with Crippen LogP contribution < -0.4 is 9.86 Å². The fourth-order valence-corrected chi connectivity index (χ4v) is 0.673. The van der Waals surface area contributed by atoms with Crippen molar-refractivity contribution in [1.29, 1.82) is 0 Å². The smallest absolute Gasteiger partial charge is 0.333 e. The van der Waals surface area contributed by atoms with Crippen LogP contribution in [0.5, 0.6) is 0 Å². The zero-order valence-corrected chi connectivity index (χ0v) is 6.21. The average molecular weight is 184 g/mol. The first-order chi connectivity index (χ1) is 4.83. The van der Waals surface area contributed by atoms with Crippen LogP contribution in [0, 0.1) is 0 Å². The van der Waals surface area contributed by atoms with Crippen LogP contribution in [0.2, 0.25) is 0 Å². The summed E-state index contributed by atoms with van der Waals surface area (Å²) in [5.74, 6) is -1.51. The van der Waals surface area contributed by atoms with Gasteiger partial charge in [-0.15, -0.1) is 0 Å². The highest BCUT2D eigenvalue weighted by molar-refractivity contribution is 7.87. The Morgan fingerprint density at radius 3 is 2.36 bits per heavy atom. The number of carboxylic acids is 1. The number of carbonyl (C=O) groups is 1. The van der Waals surface area contributed by atoms with Crippen LogP contribution >= 0.6 is 0 Å². The minimum Gasteiger partial charge on any atom is -0.479 e. The summed E-state index contributed by atoms with van der Waals surface area (Å²) in [6.07, 6.45) is -1.77. The second kappa shape index (κ2) is 3.62. The molecular weight excluding hydrogens is 176 g/mol. The van der Waals surface area contributed by atoms with Crippen molar-refractivity contribution in [3.63, 3.8) is 0 Å². The molecule has 1 atom stereocenters. The van der Waals surface area contributed by atoms with Crippen molar-refractivity contribution in [3.05, 3.63) is 0 Å². The number of nitrogens with one attached hydrogen (secondary N) is 1. The van der Waals surface area contributed by atoms with Crippen LogP contribution in [0.1, 0.15) is 0 Å². The normalized spacial score (nSPS) is 14.4. The third kappa shape index (κ3) is 5.73. The molecule has 0 radical (unpaired) electrons. The predicted molar refractivity (Wildman–Crippen MR) is 34.8 cm³/mol. The molecular formula is C3H8N2O5S. The number of nitrogens with two attached hydrogens (primary N) is 1. The molecule has 66 valence electrons. The van der Waals surface area contributed by atoms with Crippen molar-refractivity contribution in [3.8, 4) is 0 Å². The molecule has 0 fully saturated rings. The first kappa shape index (κ1) is 10.3. The number of aliphatic hydroxyl groups excluding tert-OH is 1. The number of carboxylic acid groups (broad SMARTS) is 1. The van der Waals surface area contributed by atoms with E-state index in [0.29, 0.717) is 0 Å². The van der Waals surface area contributed by atoms with Crippen molar-refractivity contribution in [1.82, 2.24) is 4.72 Å². The zero-order chi connectivity index (χ0) is 9.07. The van der Waals surface area contributed by atoms with Crippen LogP contribution in [0.25, 0.3) is 0 Å². The summed E-state index contributed by atoms with van der Waals surface area (Å²) >= 11 is 0. The maximum Gasteiger partial charge on any atom is 0.333 e. The Morgan fingerprint density at radius 1 is 1.64 bits per heavy atom. The van der Waals surface area contributed by atoms with E-state index in [2.05, 4.69) is 5.14 Å². The van der Waals surface area contributed by atoms with Gasteiger partial charge in [-0.25, -0.2) is 9.93 Å². The van der Waals surface area contributed by atoms with Gasteiger partial charge in [-0.05, 0) is 0 Å². The van der Waals surface area contributed by atoms with Gasteiger partial charge in [0.05, 0.1) is 0 Å². The molecule has 0 aliphatic carbocycles. The molecule has 0 saturated carbocycles. The van der Waals surface area contributed by atoms with E-state index in [1.54, 1.807) is 4.72 Å². The zero-order valence-electron chi connectivity index (χ0n) is 5.39. The van der Waals surface area contributed by atoms with Gasteiger partial charge < -0.3 is 10.2 Å². The molecule has 0 heterocycles. The monoisotopic (exact) mass is 184 g/mol. The maximum atomic E-state index is 10.1. The van der Waals surface area contributed by atoms with Crippen molar-refractivity contribution in [2.45, 2.75) is 6.10 Å². The minimum absolute atomic E-state index is 0.631. The van der Waals surface area contributed by atoms with Gasteiger partial charge in [0.2, 0.25) is 0 Å². The number of rotatable bonds is 4. The lowest BCUT2D eigenvalue weighted by molar-refractivity contribution is -0.146. The van der Waals surface area contributed by atoms with Gasteiger partial charge in [0.25, 0.3) is 10.2 Å². The summed E-state index contributed by atoms with van der Waals surface area (Å²) in [6.45, 7) is -0.631. The Labute approximate surface area is 63.0 Å². The van der Waals surface area contributed by atoms with Crippen LogP contribution in [-0.4, -0.2) is 37.2 Å². The van der Waals surface area contributed by atoms with E-state index in [1.807, 2.05) is 0 Å². The maximum absolute atomic E-state index is 10.1.